The van der Waals surface area contributed by atoms with E-state index in [1.807, 2.05) is 74.5 Å². The number of hydrogen-bond acceptors (Lipinski definition) is 2. The quantitative estimate of drug-likeness (QED) is 0.781. The third-order valence-electron chi connectivity index (χ3n) is 3.69. The van der Waals surface area contributed by atoms with Gasteiger partial charge in [0, 0.05) is 10.5 Å². The predicted molar refractivity (Wildman–Crippen MR) is 78.5 cm³/mol. The van der Waals surface area contributed by atoms with Gasteiger partial charge in [0.1, 0.15) is 0 Å². The van der Waals surface area contributed by atoms with Crippen LogP contribution in [0, 0.1) is 5.21 Å². The Bertz CT molecular complexity index is 633. The summed E-state index contributed by atoms with van der Waals surface area (Å²) in [5.74, 6) is -0.0800. The molecule has 0 radical (unpaired) electrons. The van der Waals surface area contributed by atoms with Crippen molar-refractivity contribution in [3.05, 3.63) is 77.0 Å². The van der Waals surface area contributed by atoms with E-state index >= 15 is 0 Å². The van der Waals surface area contributed by atoms with Gasteiger partial charge in [0.25, 0.3) is 5.71 Å². The van der Waals surface area contributed by atoms with E-state index in [0.29, 0.717) is 10.6 Å². The molecule has 0 amide bonds. The van der Waals surface area contributed by atoms with E-state index in [4.69, 9.17) is 4.84 Å². The van der Waals surface area contributed by atoms with Crippen molar-refractivity contribution >= 4 is 5.71 Å². The number of hydrogen-bond donors (Lipinski definition) is 0. The van der Waals surface area contributed by atoms with Crippen LogP contribution in [0.1, 0.15) is 30.9 Å². The fourth-order valence-corrected chi connectivity index (χ4v) is 2.84. The molecule has 1 heterocycles. The van der Waals surface area contributed by atoms with E-state index < -0.39 is 5.60 Å². The molecule has 0 bridgehead atoms. The van der Waals surface area contributed by atoms with Crippen LogP contribution in [0.15, 0.2) is 60.7 Å². The topological polar surface area (TPSA) is 35.3 Å². The van der Waals surface area contributed by atoms with Gasteiger partial charge in [-0.05, 0) is 31.5 Å². The summed E-state index contributed by atoms with van der Waals surface area (Å²) in [4.78, 5) is 6.20. The van der Waals surface area contributed by atoms with Gasteiger partial charge in [0.05, 0.1) is 11.5 Å². The summed E-state index contributed by atoms with van der Waals surface area (Å²) in [6.45, 7) is 3.90. The smallest absolute Gasteiger partial charge is 0.261 e. The molecule has 0 spiro atoms. The fourth-order valence-electron chi connectivity index (χ4n) is 2.84. The van der Waals surface area contributed by atoms with E-state index in [1.54, 1.807) is 0 Å². The second kappa shape index (κ2) is 4.67. The highest BCUT2D eigenvalue weighted by Crippen LogP contribution is 2.39. The summed E-state index contributed by atoms with van der Waals surface area (Å²) in [6, 6.07) is 19.7. The van der Waals surface area contributed by atoms with Crippen LogP contribution in [-0.4, -0.2) is 16.2 Å². The normalized spacial score (nSPS) is 20.8. The Morgan fingerprint density at radius 1 is 0.950 bits per heavy atom. The maximum absolute atomic E-state index is 12.2. The highest BCUT2D eigenvalue weighted by atomic mass is 16.9. The number of rotatable bonds is 2. The Morgan fingerprint density at radius 2 is 1.50 bits per heavy atom. The van der Waals surface area contributed by atoms with Crippen LogP contribution in [0.25, 0.3) is 0 Å². The van der Waals surface area contributed by atoms with Gasteiger partial charge < -0.3 is 4.84 Å². The monoisotopic (exact) mass is 267 g/mol. The van der Waals surface area contributed by atoms with Crippen molar-refractivity contribution in [2.24, 2.45) is 0 Å². The van der Waals surface area contributed by atoms with Gasteiger partial charge in [-0.3, -0.25) is 5.21 Å². The van der Waals surface area contributed by atoms with Crippen molar-refractivity contribution < 1.29 is 9.74 Å². The molecule has 0 fully saturated rings. The first-order valence-corrected chi connectivity index (χ1v) is 6.73. The van der Waals surface area contributed by atoms with Gasteiger partial charge in [-0.25, -0.2) is 0 Å². The zero-order chi connectivity index (χ0) is 14.2. The Morgan fingerprint density at radius 3 is 2.10 bits per heavy atom. The molecule has 0 unspecified atom stereocenters. The lowest BCUT2D eigenvalue weighted by Crippen LogP contribution is -2.31. The Kier molecular flexibility index (Phi) is 2.97. The molecular weight excluding hydrogens is 250 g/mol. The van der Waals surface area contributed by atoms with Gasteiger partial charge in [-0.1, -0.05) is 48.5 Å². The minimum Gasteiger partial charge on any atom is -0.396 e. The molecular formula is C17H17NO2. The van der Waals surface area contributed by atoms with Gasteiger partial charge in [0.15, 0.2) is 0 Å². The molecule has 2 aromatic rings. The molecule has 1 atom stereocenters. The molecule has 1 aliphatic rings. The molecule has 3 rings (SSSR count). The second-order valence-corrected chi connectivity index (χ2v) is 5.55. The zero-order valence-electron chi connectivity index (χ0n) is 11.6. The molecule has 0 aliphatic carbocycles. The highest BCUT2D eigenvalue weighted by Gasteiger charge is 2.47. The minimum atomic E-state index is -0.561. The molecule has 0 saturated carbocycles. The third kappa shape index (κ3) is 2.05. The van der Waals surface area contributed by atoms with Gasteiger partial charge in [-0.15, -0.1) is 0 Å². The SMILES string of the molecule is CC1(C)O[N+]([O-])=C(c2ccccc2)[C@H]1c1ccccc1. The molecule has 0 N–H and O–H groups in total. The lowest BCUT2D eigenvalue weighted by atomic mass is 9.79. The van der Waals surface area contributed by atoms with Crippen molar-refractivity contribution in [1.82, 2.24) is 0 Å². The molecule has 3 heteroatoms. The van der Waals surface area contributed by atoms with Crippen molar-refractivity contribution in [3.8, 4) is 0 Å². The van der Waals surface area contributed by atoms with E-state index in [9.17, 15) is 5.21 Å². The zero-order valence-corrected chi connectivity index (χ0v) is 11.6. The van der Waals surface area contributed by atoms with Gasteiger partial charge in [0.2, 0.25) is 0 Å². The first kappa shape index (κ1) is 12.7. The van der Waals surface area contributed by atoms with Gasteiger partial charge in [-0.2, -0.15) is 0 Å². The maximum Gasteiger partial charge on any atom is 0.261 e. The molecule has 2 aromatic carbocycles. The first-order valence-electron chi connectivity index (χ1n) is 6.73. The molecule has 0 saturated heterocycles. The molecule has 102 valence electrons. The van der Waals surface area contributed by atoms with E-state index in [1.165, 1.54) is 0 Å². The fraction of sp³-hybridized carbons (Fsp3) is 0.235. The standard InChI is InChI=1S/C17H17NO2/c1-17(2)15(13-9-5-3-6-10-13)16(18(19)20-17)14-11-7-4-8-12-14/h3-12,15H,1-2H3/t15-/m1/s1. The van der Waals surface area contributed by atoms with E-state index in [-0.39, 0.29) is 5.92 Å². The number of nitrogens with zero attached hydrogens (tertiary/aromatic N) is 1. The summed E-state index contributed by atoms with van der Waals surface area (Å²) in [7, 11) is 0. The van der Waals surface area contributed by atoms with E-state index in [2.05, 4.69) is 0 Å². The lowest BCUT2D eigenvalue weighted by Gasteiger charge is -2.26. The predicted octanol–water partition coefficient (Wildman–Crippen LogP) is 3.49. The van der Waals surface area contributed by atoms with Crippen LogP contribution >= 0.6 is 0 Å². The lowest BCUT2D eigenvalue weighted by molar-refractivity contribution is -0.750. The highest BCUT2D eigenvalue weighted by molar-refractivity contribution is 6.03. The second-order valence-electron chi connectivity index (χ2n) is 5.55. The van der Waals surface area contributed by atoms with Crippen molar-refractivity contribution in [2.45, 2.75) is 25.4 Å². The summed E-state index contributed by atoms with van der Waals surface area (Å²) in [6.07, 6.45) is 0. The Balaban J connectivity index is 2.14. The largest absolute Gasteiger partial charge is 0.396 e. The van der Waals surface area contributed by atoms with Crippen LogP contribution in [0.5, 0.6) is 0 Å². The number of benzene rings is 2. The van der Waals surface area contributed by atoms with Crippen molar-refractivity contribution in [1.29, 1.82) is 0 Å². The van der Waals surface area contributed by atoms with Crippen LogP contribution in [0.4, 0.5) is 0 Å². The Hall–Kier alpha value is -2.29. The summed E-state index contributed by atoms with van der Waals surface area (Å²) in [5.41, 5.74) is 2.10. The van der Waals surface area contributed by atoms with Crippen molar-refractivity contribution in [3.63, 3.8) is 0 Å². The third-order valence-corrected chi connectivity index (χ3v) is 3.69. The summed E-state index contributed by atoms with van der Waals surface area (Å²) >= 11 is 0. The maximum atomic E-state index is 12.2. The molecule has 3 nitrogen and oxygen atoms in total. The average molecular weight is 267 g/mol. The van der Waals surface area contributed by atoms with Crippen LogP contribution in [0.3, 0.4) is 0 Å². The summed E-state index contributed by atoms with van der Waals surface area (Å²) in [5, 5.41) is 12.2. The molecule has 0 aromatic heterocycles. The van der Waals surface area contributed by atoms with Crippen molar-refractivity contribution in [2.75, 3.05) is 0 Å². The molecule has 20 heavy (non-hydrogen) atoms. The van der Waals surface area contributed by atoms with Gasteiger partial charge >= 0.3 is 0 Å². The average Bonchev–Trinajstić information content (AvgIpc) is 2.70. The Labute approximate surface area is 118 Å². The molecule has 1 aliphatic heterocycles. The minimum absolute atomic E-state index is 0.0800. The summed E-state index contributed by atoms with van der Waals surface area (Å²) < 4.78 is 0. The van der Waals surface area contributed by atoms with Crippen LogP contribution in [-0.2, 0) is 4.84 Å². The van der Waals surface area contributed by atoms with Crippen LogP contribution < -0.4 is 0 Å². The van der Waals surface area contributed by atoms with E-state index in [0.717, 1.165) is 11.1 Å². The van der Waals surface area contributed by atoms with Crippen LogP contribution in [0.2, 0.25) is 0 Å². The first-order chi connectivity index (χ1) is 9.59.